The van der Waals surface area contributed by atoms with Gasteiger partial charge in [0.2, 0.25) is 5.88 Å². The summed E-state index contributed by atoms with van der Waals surface area (Å²) in [6, 6.07) is 19.3. The highest BCUT2D eigenvalue weighted by atomic mass is 16.3. The number of para-hydroxylation sites is 1. The van der Waals surface area contributed by atoms with Gasteiger partial charge in [-0.3, -0.25) is 0 Å². The third-order valence-corrected chi connectivity index (χ3v) is 3.11. The van der Waals surface area contributed by atoms with E-state index in [9.17, 15) is 5.11 Å². The van der Waals surface area contributed by atoms with E-state index in [1.54, 1.807) is 10.7 Å². The van der Waals surface area contributed by atoms with Crippen molar-refractivity contribution in [2.45, 2.75) is 6.92 Å². The van der Waals surface area contributed by atoms with Gasteiger partial charge < -0.3 is 5.11 Å². The van der Waals surface area contributed by atoms with Gasteiger partial charge in [0.05, 0.1) is 11.4 Å². The number of aromatic nitrogens is 2. The van der Waals surface area contributed by atoms with Gasteiger partial charge in [-0.1, -0.05) is 42.5 Å². The van der Waals surface area contributed by atoms with E-state index in [1.807, 2.05) is 61.5 Å². The number of aromatic hydroxyl groups is 1. The molecule has 3 heteroatoms. The van der Waals surface area contributed by atoms with E-state index < -0.39 is 0 Å². The summed E-state index contributed by atoms with van der Waals surface area (Å²) in [6.07, 6.45) is 0. The second-order valence-corrected chi connectivity index (χ2v) is 4.45. The lowest BCUT2D eigenvalue weighted by Crippen LogP contribution is -1.95. The van der Waals surface area contributed by atoms with E-state index in [2.05, 4.69) is 5.10 Å². The zero-order chi connectivity index (χ0) is 13.2. The molecule has 3 rings (SSSR count). The van der Waals surface area contributed by atoms with Gasteiger partial charge >= 0.3 is 0 Å². The Morgan fingerprint density at radius 1 is 0.947 bits per heavy atom. The van der Waals surface area contributed by atoms with Crippen LogP contribution in [0.5, 0.6) is 5.88 Å². The fraction of sp³-hybridized carbons (Fsp3) is 0.0625. The molecule has 1 N–H and O–H groups in total. The first kappa shape index (κ1) is 11.5. The molecule has 0 fully saturated rings. The van der Waals surface area contributed by atoms with E-state index in [-0.39, 0.29) is 5.88 Å². The maximum Gasteiger partial charge on any atom is 0.214 e. The van der Waals surface area contributed by atoms with Crippen LogP contribution in [0.15, 0.2) is 60.7 Å². The smallest absolute Gasteiger partial charge is 0.214 e. The van der Waals surface area contributed by atoms with Crippen molar-refractivity contribution in [2.75, 3.05) is 0 Å². The van der Waals surface area contributed by atoms with E-state index in [1.165, 1.54) is 0 Å². The van der Waals surface area contributed by atoms with Gasteiger partial charge in [0.1, 0.15) is 0 Å². The van der Waals surface area contributed by atoms with E-state index >= 15 is 0 Å². The average Bonchev–Trinajstić information content (AvgIpc) is 2.82. The van der Waals surface area contributed by atoms with Crippen molar-refractivity contribution in [1.82, 2.24) is 9.78 Å². The van der Waals surface area contributed by atoms with Gasteiger partial charge in [-0.15, -0.1) is 0 Å². The molecule has 0 aliphatic heterocycles. The summed E-state index contributed by atoms with van der Waals surface area (Å²) in [6.45, 7) is 2.04. The quantitative estimate of drug-likeness (QED) is 0.755. The number of aryl methyl sites for hydroxylation is 1. The first-order valence-electron chi connectivity index (χ1n) is 6.16. The minimum absolute atomic E-state index is 0.143. The van der Waals surface area contributed by atoms with Crippen LogP contribution in [0, 0.1) is 6.92 Å². The maximum absolute atomic E-state index is 10.0. The summed E-state index contributed by atoms with van der Waals surface area (Å²) in [5, 5.41) is 14.5. The molecule has 94 valence electrons. The van der Waals surface area contributed by atoms with Gasteiger partial charge in [-0.25, -0.2) is 4.68 Å². The summed E-state index contributed by atoms with van der Waals surface area (Å²) in [5.41, 5.74) is 3.80. The predicted octanol–water partition coefficient (Wildman–Crippen LogP) is 3.55. The highest BCUT2D eigenvalue weighted by molar-refractivity contribution is 5.64. The standard InChI is InChI=1S/C16H14N2O/c1-12-7-5-6-10-14(12)15-11-16(19)18(17-15)13-8-3-2-4-9-13/h2-11,19H,1H3. The third-order valence-electron chi connectivity index (χ3n) is 3.11. The van der Waals surface area contributed by atoms with Crippen molar-refractivity contribution >= 4 is 0 Å². The van der Waals surface area contributed by atoms with Crippen molar-refractivity contribution < 1.29 is 5.11 Å². The van der Waals surface area contributed by atoms with Crippen molar-refractivity contribution in [1.29, 1.82) is 0 Å². The minimum atomic E-state index is 0.143. The van der Waals surface area contributed by atoms with Crippen LogP contribution in [0.1, 0.15) is 5.56 Å². The summed E-state index contributed by atoms with van der Waals surface area (Å²) < 4.78 is 1.54. The summed E-state index contributed by atoms with van der Waals surface area (Å²) in [5.74, 6) is 0.143. The summed E-state index contributed by atoms with van der Waals surface area (Å²) >= 11 is 0. The summed E-state index contributed by atoms with van der Waals surface area (Å²) in [7, 11) is 0. The Balaban J connectivity index is 2.10. The number of hydrogen-bond donors (Lipinski definition) is 1. The van der Waals surface area contributed by atoms with Crippen molar-refractivity contribution in [2.24, 2.45) is 0 Å². The molecule has 0 saturated heterocycles. The minimum Gasteiger partial charge on any atom is -0.493 e. The zero-order valence-electron chi connectivity index (χ0n) is 10.6. The highest BCUT2D eigenvalue weighted by Crippen LogP contribution is 2.27. The van der Waals surface area contributed by atoms with Crippen molar-refractivity contribution in [3.63, 3.8) is 0 Å². The molecule has 0 aliphatic rings. The Morgan fingerprint density at radius 2 is 1.63 bits per heavy atom. The highest BCUT2D eigenvalue weighted by Gasteiger charge is 2.11. The molecule has 1 aromatic heterocycles. The number of nitrogens with zero attached hydrogens (tertiary/aromatic N) is 2. The molecular formula is C16H14N2O. The lowest BCUT2D eigenvalue weighted by molar-refractivity contribution is 0.433. The molecule has 0 atom stereocenters. The lowest BCUT2D eigenvalue weighted by Gasteiger charge is -2.02. The number of hydrogen-bond acceptors (Lipinski definition) is 2. The largest absolute Gasteiger partial charge is 0.493 e. The van der Waals surface area contributed by atoms with Crippen LogP contribution in [0.25, 0.3) is 16.9 Å². The van der Waals surface area contributed by atoms with E-state index in [4.69, 9.17) is 0 Å². The van der Waals surface area contributed by atoms with Crippen LogP contribution in [0.4, 0.5) is 0 Å². The normalized spacial score (nSPS) is 10.6. The van der Waals surface area contributed by atoms with Crippen molar-refractivity contribution in [3.05, 3.63) is 66.2 Å². The van der Waals surface area contributed by atoms with Gasteiger partial charge in [0.25, 0.3) is 0 Å². The van der Waals surface area contributed by atoms with Crippen LogP contribution >= 0.6 is 0 Å². The molecule has 0 amide bonds. The molecular weight excluding hydrogens is 236 g/mol. The molecule has 1 heterocycles. The second-order valence-electron chi connectivity index (χ2n) is 4.45. The topological polar surface area (TPSA) is 38.0 Å². The van der Waals surface area contributed by atoms with Crippen LogP contribution < -0.4 is 0 Å². The van der Waals surface area contributed by atoms with Crippen LogP contribution in [0.3, 0.4) is 0 Å². The number of benzene rings is 2. The molecule has 0 saturated carbocycles. The Labute approximate surface area is 111 Å². The first-order chi connectivity index (χ1) is 9.25. The fourth-order valence-electron chi connectivity index (χ4n) is 2.12. The molecule has 2 aromatic carbocycles. The summed E-state index contributed by atoms with van der Waals surface area (Å²) in [4.78, 5) is 0. The van der Waals surface area contributed by atoms with Gasteiger partial charge in [-0.2, -0.15) is 5.10 Å². The average molecular weight is 250 g/mol. The number of rotatable bonds is 2. The molecule has 0 bridgehead atoms. The molecule has 0 aliphatic carbocycles. The molecule has 0 radical (unpaired) electrons. The van der Waals surface area contributed by atoms with Gasteiger partial charge in [0.15, 0.2) is 0 Å². The molecule has 3 nitrogen and oxygen atoms in total. The van der Waals surface area contributed by atoms with Crippen molar-refractivity contribution in [3.8, 4) is 22.8 Å². The van der Waals surface area contributed by atoms with E-state index in [0.29, 0.717) is 0 Å². The van der Waals surface area contributed by atoms with Gasteiger partial charge in [-0.05, 0) is 24.6 Å². The fourth-order valence-corrected chi connectivity index (χ4v) is 2.12. The zero-order valence-corrected chi connectivity index (χ0v) is 10.6. The lowest BCUT2D eigenvalue weighted by atomic mass is 10.1. The molecule has 3 aromatic rings. The monoisotopic (exact) mass is 250 g/mol. The molecule has 0 unspecified atom stereocenters. The molecule has 19 heavy (non-hydrogen) atoms. The Morgan fingerprint density at radius 3 is 2.37 bits per heavy atom. The predicted molar refractivity (Wildman–Crippen MR) is 75.4 cm³/mol. The maximum atomic E-state index is 10.0. The SMILES string of the molecule is Cc1ccccc1-c1cc(O)n(-c2ccccc2)n1. The van der Waals surface area contributed by atoms with Crippen LogP contribution in [-0.4, -0.2) is 14.9 Å². The van der Waals surface area contributed by atoms with Gasteiger partial charge in [0, 0.05) is 11.6 Å². The Bertz CT molecular complexity index is 702. The van der Waals surface area contributed by atoms with E-state index in [0.717, 1.165) is 22.5 Å². The Hall–Kier alpha value is -2.55. The third kappa shape index (κ3) is 2.10. The van der Waals surface area contributed by atoms with Crippen LogP contribution in [-0.2, 0) is 0 Å². The van der Waals surface area contributed by atoms with Crippen LogP contribution in [0.2, 0.25) is 0 Å². The first-order valence-corrected chi connectivity index (χ1v) is 6.16. The Kier molecular flexibility index (Phi) is 2.80. The second kappa shape index (κ2) is 4.61. The molecule has 0 spiro atoms.